The fraction of sp³-hybridized carbons (Fsp3) is 0.400. The van der Waals surface area contributed by atoms with Crippen molar-refractivity contribution in [2.24, 2.45) is 5.84 Å². The molecule has 0 aliphatic rings. The van der Waals surface area contributed by atoms with Crippen LogP contribution < -0.4 is 11.3 Å². The van der Waals surface area contributed by atoms with Crippen LogP contribution in [0.5, 0.6) is 0 Å². The van der Waals surface area contributed by atoms with Gasteiger partial charge in [0.1, 0.15) is 5.82 Å². The van der Waals surface area contributed by atoms with Crippen molar-refractivity contribution >= 4 is 11.6 Å². The zero-order valence-corrected chi connectivity index (χ0v) is 9.45. The van der Waals surface area contributed by atoms with E-state index >= 15 is 0 Å². The molecule has 0 spiro atoms. The van der Waals surface area contributed by atoms with Crippen molar-refractivity contribution in [1.82, 2.24) is 5.43 Å². The van der Waals surface area contributed by atoms with Crippen molar-refractivity contribution in [2.45, 2.75) is 25.1 Å². The van der Waals surface area contributed by atoms with Crippen molar-refractivity contribution in [3.63, 3.8) is 0 Å². The van der Waals surface area contributed by atoms with Crippen LogP contribution in [0.1, 0.15) is 12.0 Å². The molecule has 1 unspecified atom stereocenters. The van der Waals surface area contributed by atoms with Crippen LogP contribution >= 0.6 is 11.6 Å². The van der Waals surface area contributed by atoms with Gasteiger partial charge in [0.15, 0.2) is 0 Å². The van der Waals surface area contributed by atoms with Gasteiger partial charge in [-0.25, -0.2) is 4.39 Å². The van der Waals surface area contributed by atoms with E-state index in [9.17, 15) is 17.6 Å². The monoisotopic (exact) mass is 270 g/mol. The molecule has 0 aliphatic carbocycles. The first-order chi connectivity index (χ1) is 7.81. The zero-order chi connectivity index (χ0) is 13.1. The molecule has 96 valence electrons. The number of nitrogens with two attached hydrogens (primary N) is 1. The van der Waals surface area contributed by atoms with Crippen LogP contribution in [0.25, 0.3) is 0 Å². The van der Waals surface area contributed by atoms with Gasteiger partial charge < -0.3 is 0 Å². The van der Waals surface area contributed by atoms with Gasteiger partial charge in [-0.15, -0.1) is 0 Å². The molecule has 0 amide bonds. The summed E-state index contributed by atoms with van der Waals surface area (Å²) in [5.41, 5.74) is 2.47. The Balaban J connectivity index is 2.70. The highest BCUT2D eigenvalue weighted by Gasteiger charge is 2.31. The summed E-state index contributed by atoms with van der Waals surface area (Å²) < 4.78 is 49.5. The lowest BCUT2D eigenvalue weighted by molar-refractivity contribution is -0.140. The smallest absolute Gasteiger partial charge is 0.271 e. The number of benzene rings is 1. The molecule has 0 radical (unpaired) electrons. The van der Waals surface area contributed by atoms with Crippen LogP contribution in [0, 0.1) is 5.82 Å². The van der Waals surface area contributed by atoms with E-state index in [0.29, 0.717) is 5.56 Å². The second-order valence-corrected chi connectivity index (χ2v) is 4.04. The van der Waals surface area contributed by atoms with E-state index in [0.717, 1.165) is 6.07 Å². The van der Waals surface area contributed by atoms with Gasteiger partial charge in [0.05, 0.1) is 11.4 Å². The maximum Gasteiger partial charge on any atom is 0.390 e. The summed E-state index contributed by atoms with van der Waals surface area (Å²) in [7, 11) is 0. The first kappa shape index (κ1) is 14.2. The summed E-state index contributed by atoms with van der Waals surface area (Å²) >= 11 is 5.46. The van der Waals surface area contributed by atoms with E-state index in [1.54, 1.807) is 0 Å². The molecule has 0 aliphatic heterocycles. The Morgan fingerprint density at radius 3 is 2.47 bits per heavy atom. The van der Waals surface area contributed by atoms with Crippen LogP contribution in [0.4, 0.5) is 17.6 Å². The highest BCUT2D eigenvalue weighted by atomic mass is 35.5. The normalized spacial score (nSPS) is 13.8. The average Bonchev–Trinajstić information content (AvgIpc) is 2.20. The van der Waals surface area contributed by atoms with Crippen molar-refractivity contribution in [3.05, 3.63) is 34.6 Å². The molecule has 0 heterocycles. The minimum atomic E-state index is -4.32. The van der Waals surface area contributed by atoms with Gasteiger partial charge in [-0.1, -0.05) is 17.7 Å². The molecule has 0 fully saturated rings. The number of hydrogen-bond acceptors (Lipinski definition) is 2. The van der Waals surface area contributed by atoms with Crippen LogP contribution in [0.3, 0.4) is 0 Å². The minimum Gasteiger partial charge on any atom is -0.271 e. The van der Waals surface area contributed by atoms with Crippen LogP contribution in [-0.2, 0) is 6.42 Å². The molecule has 2 nitrogen and oxygen atoms in total. The molecular weight excluding hydrogens is 260 g/mol. The Morgan fingerprint density at radius 2 is 2.00 bits per heavy atom. The number of hydrazine groups is 1. The lowest BCUT2D eigenvalue weighted by Crippen LogP contribution is -2.40. The summed E-state index contributed by atoms with van der Waals surface area (Å²) in [6.45, 7) is 0. The van der Waals surface area contributed by atoms with Gasteiger partial charge in [-0.05, 0) is 24.1 Å². The van der Waals surface area contributed by atoms with Crippen molar-refractivity contribution in [2.75, 3.05) is 0 Å². The molecule has 1 rings (SSSR count). The Morgan fingerprint density at radius 1 is 1.35 bits per heavy atom. The van der Waals surface area contributed by atoms with Gasteiger partial charge in [-0.3, -0.25) is 11.3 Å². The summed E-state index contributed by atoms with van der Waals surface area (Å²) in [5.74, 6) is 4.37. The van der Waals surface area contributed by atoms with Crippen LogP contribution in [0.2, 0.25) is 5.02 Å². The number of alkyl halides is 3. The largest absolute Gasteiger partial charge is 0.390 e. The molecule has 0 bridgehead atoms. The number of hydrogen-bond donors (Lipinski definition) is 2. The van der Waals surface area contributed by atoms with Crippen molar-refractivity contribution < 1.29 is 17.6 Å². The molecular formula is C10H11ClF4N2. The maximum atomic E-state index is 13.1. The highest BCUT2D eigenvalue weighted by molar-refractivity contribution is 6.30. The Bertz CT molecular complexity index is 381. The molecule has 3 N–H and O–H groups in total. The van der Waals surface area contributed by atoms with E-state index < -0.39 is 24.5 Å². The molecule has 1 aromatic rings. The maximum absolute atomic E-state index is 13.1. The minimum absolute atomic E-state index is 0.0237. The number of rotatable bonds is 4. The third kappa shape index (κ3) is 4.89. The lowest BCUT2D eigenvalue weighted by Gasteiger charge is -2.17. The molecule has 1 atom stereocenters. The molecule has 17 heavy (non-hydrogen) atoms. The van der Waals surface area contributed by atoms with Crippen LogP contribution in [-0.4, -0.2) is 12.2 Å². The first-order valence-corrected chi connectivity index (χ1v) is 5.16. The van der Waals surface area contributed by atoms with E-state index in [1.165, 1.54) is 12.1 Å². The standard InChI is InChI=1S/C10H11ClF4N2/c11-8-2-1-6(4-9(8)12)3-7(17-16)5-10(13,14)15/h1-2,4,7,17H,3,5,16H2. The van der Waals surface area contributed by atoms with Crippen molar-refractivity contribution in [3.8, 4) is 0 Å². The third-order valence-corrected chi connectivity index (χ3v) is 2.49. The molecule has 0 aromatic heterocycles. The molecule has 7 heteroatoms. The van der Waals surface area contributed by atoms with E-state index in [1.807, 2.05) is 0 Å². The lowest BCUT2D eigenvalue weighted by atomic mass is 10.0. The predicted octanol–water partition coefficient (Wildman–Crippen LogP) is 2.81. The topological polar surface area (TPSA) is 38.0 Å². The summed E-state index contributed by atoms with van der Waals surface area (Å²) in [5, 5.41) is -0.0678. The molecule has 0 saturated carbocycles. The summed E-state index contributed by atoms with van der Waals surface area (Å²) in [4.78, 5) is 0. The molecule has 1 aromatic carbocycles. The SMILES string of the molecule is NNC(Cc1ccc(Cl)c(F)c1)CC(F)(F)F. The van der Waals surface area contributed by atoms with E-state index in [2.05, 4.69) is 5.43 Å². The first-order valence-electron chi connectivity index (χ1n) is 4.78. The highest BCUT2D eigenvalue weighted by Crippen LogP contribution is 2.23. The quantitative estimate of drug-likeness (QED) is 0.502. The summed E-state index contributed by atoms with van der Waals surface area (Å²) in [6, 6.07) is 2.87. The van der Waals surface area contributed by atoms with Gasteiger partial charge in [0.2, 0.25) is 0 Å². The van der Waals surface area contributed by atoms with Gasteiger partial charge >= 0.3 is 6.18 Å². The number of halogens is 5. The summed E-state index contributed by atoms with van der Waals surface area (Å²) in [6.07, 6.45) is -5.42. The van der Waals surface area contributed by atoms with Crippen molar-refractivity contribution in [1.29, 1.82) is 0 Å². The van der Waals surface area contributed by atoms with Gasteiger partial charge in [-0.2, -0.15) is 13.2 Å². The van der Waals surface area contributed by atoms with Crippen LogP contribution in [0.15, 0.2) is 18.2 Å². The number of nitrogens with one attached hydrogen (secondary N) is 1. The Labute approximate surface area is 101 Å². The van der Waals surface area contributed by atoms with Gasteiger partial charge in [0, 0.05) is 6.04 Å². The third-order valence-electron chi connectivity index (χ3n) is 2.18. The fourth-order valence-corrected chi connectivity index (χ4v) is 1.54. The second kappa shape index (κ2) is 5.66. The van der Waals surface area contributed by atoms with Gasteiger partial charge in [0.25, 0.3) is 0 Å². The average molecular weight is 271 g/mol. The zero-order valence-electron chi connectivity index (χ0n) is 8.69. The Kier molecular flexibility index (Phi) is 4.73. The second-order valence-electron chi connectivity index (χ2n) is 3.64. The Hall–Kier alpha value is -0.850. The van der Waals surface area contributed by atoms with E-state index in [4.69, 9.17) is 17.4 Å². The fourth-order valence-electron chi connectivity index (χ4n) is 1.42. The molecule has 0 saturated heterocycles. The van der Waals surface area contributed by atoms with E-state index in [-0.39, 0.29) is 11.4 Å². The predicted molar refractivity (Wildman–Crippen MR) is 56.9 cm³/mol.